The van der Waals surface area contributed by atoms with E-state index in [4.69, 9.17) is 11.6 Å². The maximum atomic E-state index is 11.6. The van der Waals surface area contributed by atoms with Gasteiger partial charge in [0.05, 0.1) is 5.38 Å². The van der Waals surface area contributed by atoms with Gasteiger partial charge in [-0.2, -0.15) is 0 Å². The van der Waals surface area contributed by atoms with E-state index < -0.39 is 0 Å². The lowest BCUT2D eigenvalue weighted by molar-refractivity contribution is 0.0953. The van der Waals surface area contributed by atoms with Gasteiger partial charge in [0.2, 0.25) is 0 Å². The summed E-state index contributed by atoms with van der Waals surface area (Å²) >= 11 is 5.87. The molecule has 1 atom stereocenters. The lowest BCUT2D eigenvalue weighted by atomic mass is 10.2. The lowest BCUT2D eigenvalue weighted by Crippen LogP contribution is -2.30. The molecule has 4 nitrogen and oxygen atoms in total. The number of aromatic nitrogens is 1. The minimum absolute atomic E-state index is 0.0736. The average Bonchev–Trinajstić information content (AvgIpc) is 2.29. The highest BCUT2D eigenvalue weighted by Crippen LogP contribution is 2.00. The maximum absolute atomic E-state index is 11.6. The van der Waals surface area contributed by atoms with Gasteiger partial charge in [-0.1, -0.05) is 6.92 Å². The third-order valence-electron chi connectivity index (χ3n) is 2.29. The Morgan fingerprint density at radius 2 is 2.31 bits per heavy atom. The second kappa shape index (κ2) is 5.70. The normalized spacial score (nSPS) is 12.2. The molecule has 5 heteroatoms. The molecular formula is C11H15ClN2O2. The number of rotatable bonds is 4. The molecule has 1 N–H and O–H groups in total. The number of carbonyl (C=O) groups excluding carboxylic acids is 1. The van der Waals surface area contributed by atoms with Gasteiger partial charge in [-0.05, 0) is 12.5 Å². The highest BCUT2D eigenvalue weighted by atomic mass is 35.5. The summed E-state index contributed by atoms with van der Waals surface area (Å²) in [6.07, 6.45) is 2.35. The van der Waals surface area contributed by atoms with Crippen molar-refractivity contribution in [2.45, 2.75) is 18.7 Å². The summed E-state index contributed by atoms with van der Waals surface area (Å²) < 4.78 is 1.41. The van der Waals surface area contributed by atoms with Gasteiger partial charge in [0, 0.05) is 31.4 Å². The molecule has 88 valence electrons. The molecule has 0 spiro atoms. The second-order valence-electron chi connectivity index (χ2n) is 3.58. The first-order valence-corrected chi connectivity index (χ1v) is 5.57. The van der Waals surface area contributed by atoms with Crippen LogP contribution < -0.4 is 10.9 Å². The van der Waals surface area contributed by atoms with Gasteiger partial charge in [-0.25, -0.2) is 0 Å². The van der Waals surface area contributed by atoms with Crippen molar-refractivity contribution in [3.63, 3.8) is 0 Å². The van der Waals surface area contributed by atoms with Gasteiger partial charge < -0.3 is 9.88 Å². The van der Waals surface area contributed by atoms with Gasteiger partial charge >= 0.3 is 0 Å². The van der Waals surface area contributed by atoms with Crippen molar-refractivity contribution >= 4 is 17.5 Å². The zero-order valence-corrected chi connectivity index (χ0v) is 10.1. The van der Waals surface area contributed by atoms with Crippen molar-refractivity contribution in [2.24, 2.45) is 7.05 Å². The van der Waals surface area contributed by atoms with Crippen LogP contribution in [0.4, 0.5) is 0 Å². The van der Waals surface area contributed by atoms with Gasteiger partial charge in [0.1, 0.15) is 0 Å². The molecule has 0 fully saturated rings. The van der Waals surface area contributed by atoms with Crippen molar-refractivity contribution in [1.29, 1.82) is 0 Å². The smallest absolute Gasteiger partial charge is 0.251 e. The van der Waals surface area contributed by atoms with Gasteiger partial charge in [-0.15, -0.1) is 11.6 Å². The Labute approximate surface area is 99.2 Å². The largest absolute Gasteiger partial charge is 0.351 e. The standard InChI is InChI=1S/C11H15ClN2O2/c1-3-9(12)7-13-11(16)8-4-5-14(2)10(15)6-8/h4-6,9H,3,7H2,1-2H3,(H,13,16). The molecule has 1 heterocycles. The van der Waals surface area contributed by atoms with Crippen LogP contribution >= 0.6 is 11.6 Å². The minimum atomic E-state index is -0.267. The topological polar surface area (TPSA) is 51.1 Å². The Morgan fingerprint density at radius 1 is 1.62 bits per heavy atom. The number of alkyl halides is 1. The van der Waals surface area contributed by atoms with Crippen LogP contribution in [0.25, 0.3) is 0 Å². The van der Waals surface area contributed by atoms with E-state index in [-0.39, 0.29) is 16.8 Å². The molecule has 0 saturated carbocycles. The Bertz CT molecular complexity index is 428. The number of amides is 1. The first-order valence-electron chi connectivity index (χ1n) is 5.13. The van der Waals surface area contributed by atoms with E-state index in [9.17, 15) is 9.59 Å². The fourth-order valence-corrected chi connectivity index (χ4v) is 1.22. The van der Waals surface area contributed by atoms with Crippen LogP contribution in [0.2, 0.25) is 0 Å². The molecule has 1 aromatic heterocycles. The molecule has 1 amide bonds. The summed E-state index contributed by atoms with van der Waals surface area (Å²) in [7, 11) is 1.63. The van der Waals surface area contributed by atoms with E-state index in [1.54, 1.807) is 19.3 Å². The molecule has 16 heavy (non-hydrogen) atoms. The fourth-order valence-electron chi connectivity index (χ4n) is 1.14. The highest BCUT2D eigenvalue weighted by Gasteiger charge is 2.08. The molecule has 1 rings (SSSR count). The monoisotopic (exact) mass is 242 g/mol. The molecule has 0 radical (unpaired) electrons. The molecule has 0 saturated heterocycles. The quantitative estimate of drug-likeness (QED) is 0.805. The van der Waals surface area contributed by atoms with Crippen LogP contribution in [-0.2, 0) is 7.05 Å². The Morgan fingerprint density at radius 3 is 2.88 bits per heavy atom. The number of carbonyl (C=O) groups is 1. The molecule has 1 aromatic rings. The van der Waals surface area contributed by atoms with E-state index >= 15 is 0 Å². The first-order chi connectivity index (χ1) is 7.54. The van der Waals surface area contributed by atoms with Crippen molar-refractivity contribution < 1.29 is 4.79 Å². The highest BCUT2D eigenvalue weighted by molar-refractivity contribution is 6.20. The molecule has 1 unspecified atom stereocenters. The molecule has 0 bridgehead atoms. The average molecular weight is 243 g/mol. The van der Waals surface area contributed by atoms with E-state index in [1.165, 1.54) is 10.6 Å². The van der Waals surface area contributed by atoms with E-state index in [0.29, 0.717) is 12.1 Å². The van der Waals surface area contributed by atoms with Gasteiger partial charge in [-0.3, -0.25) is 9.59 Å². The summed E-state index contributed by atoms with van der Waals surface area (Å²) in [6, 6.07) is 2.91. The number of nitrogens with zero attached hydrogens (tertiary/aromatic N) is 1. The molecular weight excluding hydrogens is 228 g/mol. The summed E-state index contributed by atoms with van der Waals surface area (Å²) in [5.41, 5.74) is 0.161. The molecule has 0 aliphatic rings. The number of aryl methyl sites for hydroxylation is 1. The molecule has 0 aromatic carbocycles. The SMILES string of the molecule is CCC(Cl)CNC(=O)c1ccn(C)c(=O)c1. The Hall–Kier alpha value is -1.29. The zero-order valence-electron chi connectivity index (χ0n) is 9.37. The number of hydrogen-bond acceptors (Lipinski definition) is 2. The summed E-state index contributed by atoms with van der Waals surface area (Å²) in [5.74, 6) is -0.267. The summed E-state index contributed by atoms with van der Waals surface area (Å²) in [6.45, 7) is 2.36. The maximum Gasteiger partial charge on any atom is 0.251 e. The van der Waals surface area contributed by atoms with E-state index in [2.05, 4.69) is 5.32 Å². The third kappa shape index (κ3) is 3.38. The number of hydrogen-bond donors (Lipinski definition) is 1. The van der Waals surface area contributed by atoms with Crippen molar-refractivity contribution in [3.05, 3.63) is 34.2 Å². The zero-order chi connectivity index (χ0) is 12.1. The van der Waals surface area contributed by atoms with Gasteiger partial charge in [0.25, 0.3) is 11.5 Å². The Kier molecular flexibility index (Phi) is 4.55. The van der Waals surface area contributed by atoms with Crippen LogP contribution in [0.3, 0.4) is 0 Å². The molecule has 0 aliphatic heterocycles. The first kappa shape index (κ1) is 12.8. The Balaban J connectivity index is 2.67. The fraction of sp³-hybridized carbons (Fsp3) is 0.455. The number of pyridine rings is 1. The number of halogens is 1. The lowest BCUT2D eigenvalue weighted by Gasteiger charge is -2.08. The van der Waals surface area contributed by atoms with Crippen LogP contribution in [0.5, 0.6) is 0 Å². The summed E-state index contributed by atoms with van der Waals surface area (Å²) in [4.78, 5) is 22.9. The van der Waals surface area contributed by atoms with Crippen molar-refractivity contribution in [3.8, 4) is 0 Å². The van der Waals surface area contributed by atoms with Crippen molar-refractivity contribution in [1.82, 2.24) is 9.88 Å². The predicted molar refractivity (Wildman–Crippen MR) is 63.9 cm³/mol. The van der Waals surface area contributed by atoms with Crippen LogP contribution in [0, 0.1) is 0 Å². The third-order valence-corrected chi connectivity index (χ3v) is 2.76. The number of nitrogens with one attached hydrogen (secondary N) is 1. The van der Waals surface area contributed by atoms with Crippen molar-refractivity contribution in [2.75, 3.05) is 6.54 Å². The van der Waals surface area contributed by atoms with Gasteiger partial charge in [0.15, 0.2) is 0 Å². The summed E-state index contributed by atoms with van der Waals surface area (Å²) in [5, 5.41) is 2.60. The predicted octanol–water partition coefficient (Wildman–Crippen LogP) is 1.13. The van der Waals surface area contributed by atoms with Crippen LogP contribution in [0.15, 0.2) is 23.1 Å². The van der Waals surface area contributed by atoms with E-state index in [0.717, 1.165) is 6.42 Å². The molecule has 0 aliphatic carbocycles. The minimum Gasteiger partial charge on any atom is -0.351 e. The second-order valence-corrected chi connectivity index (χ2v) is 4.20. The van der Waals surface area contributed by atoms with E-state index in [1.807, 2.05) is 6.92 Å². The van der Waals surface area contributed by atoms with Crippen LogP contribution in [-0.4, -0.2) is 22.4 Å². The van der Waals surface area contributed by atoms with Crippen LogP contribution in [0.1, 0.15) is 23.7 Å².